The maximum Gasteiger partial charge on any atom is 0.325 e. The third kappa shape index (κ3) is 3.01. The maximum absolute atomic E-state index is 12.7. The monoisotopic (exact) mass is 343 g/mol. The Morgan fingerprint density at radius 2 is 1.92 bits per heavy atom. The van der Waals surface area contributed by atoms with Crippen LogP contribution in [0.3, 0.4) is 0 Å². The molecule has 0 aromatic heterocycles. The number of hydrogen-bond acceptors (Lipinski definition) is 4. The molecule has 2 aliphatic rings. The minimum absolute atomic E-state index is 0.110. The van der Waals surface area contributed by atoms with E-state index in [0.29, 0.717) is 24.1 Å². The van der Waals surface area contributed by atoms with Crippen LogP contribution in [0.4, 0.5) is 10.5 Å². The molecule has 0 unspecified atom stereocenters. The Hall–Kier alpha value is -2.70. The highest BCUT2D eigenvalue weighted by atomic mass is 16.2. The number of ketones is 1. The number of urea groups is 1. The Morgan fingerprint density at radius 3 is 2.56 bits per heavy atom. The number of imide groups is 1. The second-order valence-electron chi connectivity index (χ2n) is 6.70. The van der Waals surface area contributed by atoms with Crippen molar-refractivity contribution in [1.82, 2.24) is 10.2 Å². The van der Waals surface area contributed by atoms with Crippen molar-refractivity contribution in [2.24, 2.45) is 0 Å². The Balaban J connectivity index is 1.74. The molecule has 7 nitrogen and oxygen atoms in total. The summed E-state index contributed by atoms with van der Waals surface area (Å²) in [6.45, 7) is 2.97. The molecule has 1 heterocycles. The molecule has 1 atom stereocenters. The normalized spacial score (nSPS) is 19.8. The Labute approximate surface area is 145 Å². The molecule has 0 bridgehead atoms. The molecule has 25 heavy (non-hydrogen) atoms. The zero-order chi connectivity index (χ0) is 18.2. The summed E-state index contributed by atoms with van der Waals surface area (Å²) < 4.78 is 0. The van der Waals surface area contributed by atoms with Crippen LogP contribution in [0.5, 0.6) is 0 Å². The van der Waals surface area contributed by atoms with E-state index in [1.807, 2.05) is 0 Å². The average Bonchev–Trinajstić information content (AvgIpc) is 3.13. The van der Waals surface area contributed by atoms with Crippen molar-refractivity contribution in [2.75, 3.05) is 5.32 Å². The molecule has 1 saturated carbocycles. The van der Waals surface area contributed by atoms with Gasteiger partial charge in [-0.25, -0.2) is 9.69 Å². The van der Waals surface area contributed by atoms with Gasteiger partial charge in [-0.05, 0) is 38.8 Å². The van der Waals surface area contributed by atoms with Gasteiger partial charge >= 0.3 is 6.03 Å². The molecule has 1 aromatic rings. The fourth-order valence-corrected chi connectivity index (χ4v) is 3.49. The summed E-state index contributed by atoms with van der Waals surface area (Å²) in [7, 11) is 0. The van der Waals surface area contributed by atoms with Crippen molar-refractivity contribution < 1.29 is 19.2 Å². The van der Waals surface area contributed by atoms with Crippen LogP contribution in [-0.4, -0.2) is 40.1 Å². The zero-order valence-corrected chi connectivity index (χ0v) is 14.3. The van der Waals surface area contributed by atoms with Crippen LogP contribution in [0.2, 0.25) is 0 Å². The van der Waals surface area contributed by atoms with Crippen LogP contribution in [-0.2, 0) is 9.59 Å². The predicted molar refractivity (Wildman–Crippen MR) is 91.1 cm³/mol. The minimum Gasteiger partial charge on any atom is -0.324 e. The van der Waals surface area contributed by atoms with Crippen molar-refractivity contribution in [2.45, 2.75) is 51.1 Å². The highest BCUT2D eigenvalue weighted by Crippen LogP contribution is 2.35. The van der Waals surface area contributed by atoms with Crippen LogP contribution < -0.4 is 10.6 Å². The number of carbonyl (C=O) groups is 4. The van der Waals surface area contributed by atoms with Gasteiger partial charge in [0.15, 0.2) is 5.78 Å². The smallest absolute Gasteiger partial charge is 0.324 e. The molecule has 1 aliphatic heterocycles. The molecule has 1 spiro atoms. The van der Waals surface area contributed by atoms with E-state index in [-0.39, 0.29) is 11.7 Å². The first-order valence-electron chi connectivity index (χ1n) is 8.42. The predicted octanol–water partition coefficient (Wildman–Crippen LogP) is 2.08. The molecular formula is C18H21N3O4. The Bertz CT molecular complexity index is 752. The highest BCUT2D eigenvalue weighted by molar-refractivity contribution is 6.11. The van der Waals surface area contributed by atoms with Crippen molar-refractivity contribution in [3.8, 4) is 0 Å². The van der Waals surface area contributed by atoms with Gasteiger partial charge in [-0.15, -0.1) is 0 Å². The molecule has 2 fully saturated rings. The standard InChI is InChI=1S/C18H21N3O4/c1-11(15(23)19-14-7-5-6-13(10-14)12(2)22)21-16(24)18(20-17(21)25)8-3-4-9-18/h5-7,10-11H,3-4,8-9H2,1-2H3,(H,19,23)(H,20,25)/t11-/m1/s1. The first-order valence-corrected chi connectivity index (χ1v) is 8.42. The quantitative estimate of drug-likeness (QED) is 0.646. The van der Waals surface area contributed by atoms with Gasteiger partial charge in [0.05, 0.1) is 0 Å². The topological polar surface area (TPSA) is 95.6 Å². The molecule has 1 saturated heterocycles. The van der Waals surface area contributed by atoms with Crippen molar-refractivity contribution >= 4 is 29.3 Å². The molecule has 1 aliphatic carbocycles. The van der Waals surface area contributed by atoms with Crippen LogP contribution in [0.25, 0.3) is 0 Å². The summed E-state index contributed by atoms with van der Waals surface area (Å²) in [5.41, 5.74) is 0.0951. The number of carbonyl (C=O) groups excluding carboxylic acids is 4. The van der Waals surface area contributed by atoms with Gasteiger partial charge in [-0.1, -0.05) is 25.0 Å². The summed E-state index contributed by atoms with van der Waals surface area (Å²) in [5, 5.41) is 5.43. The number of rotatable bonds is 4. The molecule has 3 rings (SSSR count). The SMILES string of the molecule is CC(=O)c1cccc(NC(=O)[C@@H](C)N2C(=O)NC3(CCCC3)C2=O)c1. The second-order valence-corrected chi connectivity index (χ2v) is 6.70. The molecule has 4 amide bonds. The lowest BCUT2D eigenvalue weighted by Crippen LogP contribution is -2.48. The van der Waals surface area contributed by atoms with Gasteiger partial charge in [0, 0.05) is 11.3 Å². The number of nitrogens with zero attached hydrogens (tertiary/aromatic N) is 1. The number of anilines is 1. The molecule has 2 N–H and O–H groups in total. The fourth-order valence-electron chi connectivity index (χ4n) is 3.49. The van der Waals surface area contributed by atoms with Gasteiger partial charge < -0.3 is 10.6 Å². The summed E-state index contributed by atoms with van der Waals surface area (Å²) in [4.78, 5) is 49.9. The van der Waals surface area contributed by atoms with E-state index < -0.39 is 23.5 Å². The second kappa shape index (κ2) is 6.31. The lowest BCUT2D eigenvalue weighted by Gasteiger charge is -2.23. The summed E-state index contributed by atoms with van der Waals surface area (Å²) in [6.07, 6.45) is 3.00. The summed E-state index contributed by atoms with van der Waals surface area (Å²) in [5.74, 6) is -0.907. The van der Waals surface area contributed by atoms with Gasteiger partial charge in [-0.2, -0.15) is 0 Å². The lowest BCUT2D eigenvalue weighted by atomic mass is 9.97. The van der Waals surface area contributed by atoms with E-state index in [1.54, 1.807) is 24.3 Å². The first-order chi connectivity index (χ1) is 11.8. The Morgan fingerprint density at radius 1 is 1.24 bits per heavy atom. The minimum atomic E-state index is -0.937. The van der Waals surface area contributed by atoms with E-state index in [9.17, 15) is 19.2 Å². The average molecular weight is 343 g/mol. The van der Waals surface area contributed by atoms with Crippen molar-refractivity contribution in [3.63, 3.8) is 0 Å². The van der Waals surface area contributed by atoms with E-state index in [2.05, 4.69) is 10.6 Å². The van der Waals surface area contributed by atoms with Crippen molar-refractivity contribution in [3.05, 3.63) is 29.8 Å². The van der Waals surface area contributed by atoms with Crippen LogP contribution in [0, 0.1) is 0 Å². The van der Waals surface area contributed by atoms with Crippen molar-refractivity contribution in [1.29, 1.82) is 0 Å². The van der Waals surface area contributed by atoms with E-state index in [4.69, 9.17) is 0 Å². The number of Topliss-reactive ketones (excluding diaryl/α,β-unsaturated/α-hetero) is 1. The third-order valence-corrected chi connectivity index (χ3v) is 4.95. The van der Waals surface area contributed by atoms with Gasteiger partial charge in [0.1, 0.15) is 11.6 Å². The van der Waals surface area contributed by atoms with E-state index in [0.717, 1.165) is 17.7 Å². The van der Waals surface area contributed by atoms with Gasteiger partial charge in [-0.3, -0.25) is 14.4 Å². The fraction of sp³-hybridized carbons (Fsp3) is 0.444. The van der Waals surface area contributed by atoms with E-state index >= 15 is 0 Å². The molecule has 0 radical (unpaired) electrons. The zero-order valence-electron chi connectivity index (χ0n) is 14.3. The number of hydrogen-bond donors (Lipinski definition) is 2. The largest absolute Gasteiger partial charge is 0.325 e. The van der Waals surface area contributed by atoms with E-state index in [1.165, 1.54) is 13.8 Å². The van der Waals surface area contributed by atoms with Gasteiger partial charge in [0.2, 0.25) is 5.91 Å². The van der Waals surface area contributed by atoms with Crippen LogP contribution in [0.15, 0.2) is 24.3 Å². The molecule has 1 aromatic carbocycles. The van der Waals surface area contributed by atoms with Crippen LogP contribution in [0.1, 0.15) is 49.9 Å². The molecular weight excluding hydrogens is 322 g/mol. The number of nitrogens with one attached hydrogen (secondary N) is 2. The number of benzene rings is 1. The first kappa shape index (κ1) is 17.1. The third-order valence-electron chi connectivity index (χ3n) is 4.95. The summed E-state index contributed by atoms with van der Waals surface area (Å²) >= 11 is 0. The van der Waals surface area contributed by atoms with Gasteiger partial charge in [0.25, 0.3) is 5.91 Å². The summed E-state index contributed by atoms with van der Waals surface area (Å²) in [6, 6.07) is 5.08. The highest BCUT2D eigenvalue weighted by Gasteiger charge is 2.54. The maximum atomic E-state index is 12.7. The van der Waals surface area contributed by atoms with Crippen LogP contribution >= 0.6 is 0 Å². The number of amides is 4. The lowest BCUT2D eigenvalue weighted by molar-refractivity contribution is -0.136. The molecule has 7 heteroatoms. The Kier molecular flexibility index (Phi) is 4.32. The molecule has 132 valence electrons.